The van der Waals surface area contributed by atoms with Gasteiger partial charge in [0.15, 0.2) is 6.04 Å². The van der Waals surface area contributed by atoms with E-state index in [9.17, 15) is 18.0 Å². The van der Waals surface area contributed by atoms with Crippen molar-refractivity contribution in [3.63, 3.8) is 0 Å². The molecule has 2 aliphatic rings. The van der Waals surface area contributed by atoms with Crippen LogP contribution in [0.25, 0.3) is 0 Å². The van der Waals surface area contributed by atoms with Crippen molar-refractivity contribution in [3.05, 3.63) is 41.6 Å². The predicted molar refractivity (Wildman–Crippen MR) is 106 cm³/mol. The van der Waals surface area contributed by atoms with Crippen molar-refractivity contribution in [1.82, 2.24) is 14.7 Å². The van der Waals surface area contributed by atoms with E-state index in [4.69, 9.17) is 4.74 Å². The van der Waals surface area contributed by atoms with Crippen LogP contribution < -0.4 is 10.1 Å². The zero-order valence-electron chi connectivity index (χ0n) is 16.8. The Labute approximate surface area is 173 Å². The summed E-state index contributed by atoms with van der Waals surface area (Å²) < 4.78 is 47.7. The molecule has 0 saturated carbocycles. The molecule has 0 radical (unpaired) electrons. The van der Waals surface area contributed by atoms with Crippen LogP contribution in [0.3, 0.4) is 0 Å². The number of nitrogens with one attached hydrogen (secondary N) is 1. The number of alkyl halides is 3. The van der Waals surface area contributed by atoms with Crippen molar-refractivity contribution >= 4 is 11.7 Å². The molecule has 162 valence electrons. The normalized spacial score (nSPS) is 22.1. The summed E-state index contributed by atoms with van der Waals surface area (Å²) in [6.45, 7) is 1.23. The Hall–Kier alpha value is -2.71. The Kier molecular flexibility index (Phi) is 5.62. The first-order chi connectivity index (χ1) is 14.4. The van der Waals surface area contributed by atoms with Gasteiger partial charge >= 0.3 is 6.18 Å². The lowest BCUT2D eigenvalue weighted by atomic mass is 9.96. The van der Waals surface area contributed by atoms with E-state index in [-0.39, 0.29) is 23.7 Å². The second-order valence-electron chi connectivity index (χ2n) is 7.82. The first-order valence-electron chi connectivity index (χ1n) is 10.2. The number of benzene rings is 1. The standard InChI is InChI=1S/C21H25F3N4O2/c1-30-15-8-6-7-14(11-15)17-12-18(21(22,23)24)28-19(26-17)16(13-25-28)20(29)27-9-4-2-3-5-10-27/h6-8,11,13,17-18,26H,2-5,9-10,12H2,1H3/t17-,18-/m0/s1. The lowest BCUT2D eigenvalue weighted by Crippen LogP contribution is -2.37. The minimum Gasteiger partial charge on any atom is -0.497 e. The molecule has 30 heavy (non-hydrogen) atoms. The first-order valence-corrected chi connectivity index (χ1v) is 10.2. The van der Waals surface area contributed by atoms with Gasteiger partial charge in [0, 0.05) is 19.5 Å². The van der Waals surface area contributed by atoms with E-state index in [1.807, 2.05) is 0 Å². The van der Waals surface area contributed by atoms with E-state index in [1.165, 1.54) is 13.3 Å². The molecule has 1 amide bonds. The Morgan fingerprint density at radius 3 is 2.60 bits per heavy atom. The number of halogens is 3. The maximum absolute atomic E-state index is 13.9. The van der Waals surface area contributed by atoms with Gasteiger partial charge < -0.3 is 15.0 Å². The van der Waals surface area contributed by atoms with Crippen LogP contribution in [0.15, 0.2) is 30.5 Å². The molecule has 9 heteroatoms. The molecule has 1 fully saturated rings. The molecule has 2 aliphatic heterocycles. The minimum atomic E-state index is -4.48. The summed E-state index contributed by atoms with van der Waals surface area (Å²) in [7, 11) is 1.51. The van der Waals surface area contributed by atoms with Crippen molar-refractivity contribution in [1.29, 1.82) is 0 Å². The van der Waals surface area contributed by atoms with Gasteiger partial charge in [0.2, 0.25) is 0 Å². The Morgan fingerprint density at radius 1 is 1.20 bits per heavy atom. The van der Waals surface area contributed by atoms with E-state index < -0.39 is 18.3 Å². The van der Waals surface area contributed by atoms with Crippen LogP contribution >= 0.6 is 0 Å². The summed E-state index contributed by atoms with van der Waals surface area (Å²) in [6, 6.07) is 4.53. The predicted octanol–water partition coefficient (Wildman–Crippen LogP) is 4.57. The highest BCUT2D eigenvalue weighted by molar-refractivity contribution is 5.99. The molecule has 1 N–H and O–H groups in total. The molecule has 0 aliphatic carbocycles. The number of amides is 1. The van der Waals surface area contributed by atoms with Crippen LogP contribution in [0.2, 0.25) is 0 Å². The number of carbonyl (C=O) groups is 1. The molecule has 2 aromatic rings. The maximum Gasteiger partial charge on any atom is 0.410 e. The summed E-state index contributed by atoms with van der Waals surface area (Å²) >= 11 is 0. The highest BCUT2D eigenvalue weighted by atomic mass is 19.4. The average molecular weight is 422 g/mol. The number of hydrogen-bond donors (Lipinski definition) is 1. The van der Waals surface area contributed by atoms with Gasteiger partial charge in [0.1, 0.15) is 17.1 Å². The van der Waals surface area contributed by atoms with Crippen molar-refractivity contribution in [2.24, 2.45) is 0 Å². The molecule has 1 saturated heterocycles. The van der Waals surface area contributed by atoms with Gasteiger partial charge in [-0.3, -0.25) is 4.79 Å². The third kappa shape index (κ3) is 3.97. The largest absolute Gasteiger partial charge is 0.497 e. The van der Waals surface area contributed by atoms with Gasteiger partial charge in [0.25, 0.3) is 5.91 Å². The lowest BCUT2D eigenvalue weighted by molar-refractivity contribution is -0.173. The molecule has 6 nitrogen and oxygen atoms in total. The van der Waals surface area contributed by atoms with Gasteiger partial charge in [-0.05, 0) is 30.5 Å². The fourth-order valence-corrected chi connectivity index (χ4v) is 4.24. The fraction of sp³-hybridized carbons (Fsp3) is 0.524. The molecule has 3 heterocycles. The fourth-order valence-electron chi connectivity index (χ4n) is 4.24. The third-order valence-electron chi connectivity index (χ3n) is 5.86. The third-order valence-corrected chi connectivity index (χ3v) is 5.86. The molecule has 1 aromatic carbocycles. The second-order valence-corrected chi connectivity index (χ2v) is 7.82. The number of hydrogen-bond acceptors (Lipinski definition) is 4. The lowest BCUT2D eigenvalue weighted by Gasteiger charge is -2.34. The van der Waals surface area contributed by atoms with Crippen molar-refractivity contribution < 1.29 is 22.7 Å². The number of aromatic nitrogens is 2. The number of likely N-dealkylation sites (tertiary alicyclic amines) is 1. The smallest absolute Gasteiger partial charge is 0.410 e. The van der Waals surface area contributed by atoms with E-state index in [0.29, 0.717) is 24.4 Å². The molecule has 0 unspecified atom stereocenters. The number of rotatable bonds is 3. The van der Waals surface area contributed by atoms with Crippen LogP contribution in [0.5, 0.6) is 5.75 Å². The zero-order valence-corrected chi connectivity index (χ0v) is 16.8. The number of ether oxygens (including phenoxy) is 1. The molecule has 0 bridgehead atoms. The molecule has 4 rings (SSSR count). The molecule has 0 spiro atoms. The maximum atomic E-state index is 13.9. The van der Waals surface area contributed by atoms with E-state index in [1.54, 1.807) is 29.2 Å². The molecule has 2 atom stereocenters. The SMILES string of the molecule is COc1cccc([C@@H]2C[C@@H](C(F)(F)F)n3ncc(C(=O)N4CCCCCC4)c3N2)c1. The number of nitrogens with zero attached hydrogens (tertiary/aromatic N) is 3. The van der Waals surface area contributed by atoms with Crippen LogP contribution in [0.1, 0.15) is 60.1 Å². The van der Waals surface area contributed by atoms with Gasteiger partial charge in [-0.25, -0.2) is 4.68 Å². The topological polar surface area (TPSA) is 59.4 Å². The van der Waals surface area contributed by atoms with Crippen LogP contribution in [-0.4, -0.2) is 47.0 Å². The Bertz CT molecular complexity index is 904. The monoisotopic (exact) mass is 422 g/mol. The van der Waals surface area contributed by atoms with Crippen LogP contribution in [-0.2, 0) is 0 Å². The molecular formula is C21H25F3N4O2. The summed E-state index contributed by atoms with van der Waals surface area (Å²) in [5, 5.41) is 7.12. The first kappa shape index (κ1) is 20.6. The highest BCUT2D eigenvalue weighted by Gasteiger charge is 2.47. The molecular weight excluding hydrogens is 397 g/mol. The Balaban J connectivity index is 1.70. The van der Waals surface area contributed by atoms with E-state index in [2.05, 4.69) is 10.4 Å². The van der Waals surface area contributed by atoms with Crippen LogP contribution in [0.4, 0.5) is 19.0 Å². The van der Waals surface area contributed by atoms with Gasteiger partial charge in [0.05, 0.1) is 19.3 Å². The minimum absolute atomic E-state index is 0.130. The number of carbonyl (C=O) groups excluding carboxylic acids is 1. The van der Waals surface area contributed by atoms with Crippen molar-refractivity contribution in [2.75, 3.05) is 25.5 Å². The second kappa shape index (κ2) is 8.20. The van der Waals surface area contributed by atoms with E-state index >= 15 is 0 Å². The quantitative estimate of drug-likeness (QED) is 0.787. The van der Waals surface area contributed by atoms with Crippen molar-refractivity contribution in [2.45, 2.75) is 50.4 Å². The number of methoxy groups -OCH3 is 1. The van der Waals surface area contributed by atoms with Gasteiger partial charge in [-0.2, -0.15) is 18.3 Å². The highest BCUT2D eigenvalue weighted by Crippen LogP contribution is 2.44. The summed E-state index contributed by atoms with van der Waals surface area (Å²) in [5.74, 6) is 0.432. The Morgan fingerprint density at radius 2 is 1.93 bits per heavy atom. The molecule has 1 aromatic heterocycles. The zero-order chi connectivity index (χ0) is 21.3. The van der Waals surface area contributed by atoms with E-state index in [0.717, 1.165) is 30.4 Å². The summed E-state index contributed by atoms with van der Waals surface area (Å²) in [4.78, 5) is 14.8. The van der Waals surface area contributed by atoms with Gasteiger partial charge in [-0.1, -0.05) is 25.0 Å². The van der Waals surface area contributed by atoms with Crippen molar-refractivity contribution in [3.8, 4) is 5.75 Å². The number of anilines is 1. The number of fused-ring (bicyclic) bond motifs is 1. The average Bonchev–Trinajstić information content (AvgIpc) is 2.97. The summed E-state index contributed by atoms with van der Waals surface area (Å²) in [5.41, 5.74) is 0.864. The summed E-state index contributed by atoms with van der Waals surface area (Å²) in [6.07, 6.45) is 0.485. The van der Waals surface area contributed by atoms with Gasteiger partial charge in [-0.15, -0.1) is 0 Å². The van der Waals surface area contributed by atoms with Crippen LogP contribution in [0, 0.1) is 0 Å².